The Morgan fingerprint density at radius 1 is 0.870 bits per heavy atom. The van der Waals surface area contributed by atoms with E-state index in [0.717, 1.165) is 57.8 Å². The lowest BCUT2D eigenvalue weighted by Gasteiger charge is -2.17. The molecule has 1 atom stereocenters. The molecule has 0 aromatic carbocycles. The molecule has 0 unspecified atom stereocenters. The first-order valence-electron chi connectivity index (χ1n) is 8.21. The number of amides is 1. The molecule has 134 valence electrons. The molecule has 1 N–H and O–H groups in total. The minimum Gasteiger partial charge on any atom is -0.354 e. The molecule has 0 saturated heterocycles. The predicted molar refractivity (Wildman–Crippen MR) is 103 cm³/mol. The minimum absolute atomic E-state index is 0.0281. The molecular formula is C17H27Cl4NO. The fourth-order valence-corrected chi connectivity index (χ4v) is 2.76. The van der Waals surface area contributed by atoms with Gasteiger partial charge in [0.05, 0.1) is 0 Å². The predicted octanol–water partition coefficient (Wildman–Crippen LogP) is 6.00. The number of hydrogen-bond donors (Lipinski definition) is 1. The van der Waals surface area contributed by atoms with Crippen molar-refractivity contribution in [2.24, 2.45) is 0 Å². The van der Waals surface area contributed by atoms with E-state index < -0.39 is 4.84 Å². The molecule has 1 amide bonds. The number of halogens is 4. The van der Waals surface area contributed by atoms with Gasteiger partial charge in [-0.3, -0.25) is 4.79 Å². The summed E-state index contributed by atoms with van der Waals surface area (Å²) in [5, 5.41) is 3.03. The third-order valence-electron chi connectivity index (χ3n) is 3.37. The highest BCUT2D eigenvalue weighted by Crippen LogP contribution is 2.15. The quantitative estimate of drug-likeness (QED) is 0.242. The number of rotatable bonds is 12. The average molecular weight is 403 g/mol. The fourth-order valence-electron chi connectivity index (χ4n) is 2.29. The van der Waals surface area contributed by atoms with E-state index in [1.165, 1.54) is 0 Å². The molecule has 23 heavy (non-hydrogen) atoms. The Balaban J connectivity index is 3.84. The highest BCUT2D eigenvalue weighted by molar-refractivity contribution is 6.44. The second-order valence-electron chi connectivity index (χ2n) is 5.62. The Hall–Kier alpha value is 0.190. The van der Waals surface area contributed by atoms with Crippen molar-refractivity contribution in [1.82, 2.24) is 5.32 Å². The Morgan fingerprint density at radius 2 is 1.48 bits per heavy atom. The van der Waals surface area contributed by atoms with Crippen molar-refractivity contribution in [1.29, 1.82) is 0 Å². The summed E-state index contributed by atoms with van der Waals surface area (Å²) >= 11 is 22.6. The lowest BCUT2D eigenvalue weighted by Crippen LogP contribution is -2.32. The van der Waals surface area contributed by atoms with Gasteiger partial charge in [-0.2, -0.15) is 0 Å². The van der Waals surface area contributed by atoms with E-state index in [1.807, 2.05) is 0 Å². The zero-order valence-electron chi connectivity index (χ0n) is 13.7. The van der Waals surface area contributed by atoms with E-state index >= 15 is 0 Å². The third-order valence-corrected chi connectivity index (χ3v) is 4.11. The van der Waals surface area contributed by atoms with Gasteiger partial charge in [-0.1, -0.05) is 25.7 Å². The summed E-state index contributed by atoms with van der Waals surface area (Å²) < 4.78 is 0. The summed E-state index contributed by atoms with van der Waals surface area (Å²) in [5.41, 5.74) is 0. The van der Waals surface area contributed by atoms with Crippen molar-refractivity contribution < 1.29 is 4.79 Å². The van der Waals surface area contributed by atoms with E-state index in [0.29, 0.717) is 6.42 Å². The minimum atomic E-state index is -0.414. The van der Waals surface area contributed by atoms with Crippen LogP contribution in [0.1, 0.15) is 71.1 Å². The lowest BCUT2D eigenvalue weighted by atomic mass is 10.0. The van der Waals surface area contributed by atoms with Gasteiger partial charge >= 0.3 is 0 Å². The molecule has 0 spiro atoms. The van der Waals surface area contributed by atoms with Crippen molar-refractivity contribution in [2.75, 3.05) is 0 Å². The van der Waals surface area contributed by atoms with E-state index in [2.05, 4.69) is 17.2 Å². The van der Waals surface area contributed by atoms with Crippen molar-refractivity contribution in [3.8, 4) is 11.8 Å². The number of alkyl halides is 4. The van der Waals surface area contributed by atoms with Gasteiger partial charge in [0.15, 0.2) is 0 Å². The van der Waals surface area contributed by atoms with Gasteiger partial charge in [0, 0.05) is 25.8 Å². The molecule has 0 aliphatic carbocycles. The number of carbonyl (C=O) groups excluding carboxylic acids is 1. The van der Waals surface area contributed by atoms with E-state index in [-0.39, 0.29) is 16.8 Å². The molecule has 0 heterocycles. The maximum Gasteiger partial charge on any atom is 0.217 e. The summed E-state index contributed by atoms with van der Waals surface area (Å²) in [6.07, 6.45) is 9.51. The van der Waals surface area contributed by atoms with Crippen molar-refractivity contribution in [3.63, 3.8) is 0 Å². The second kappa shape index (κ2) is 15.7. The van der Waals surface area contributed by atoms with Crippen LogP contribution in [0.15, 0.2) is 0 Å². The summed E-state index contributed by atoms with van der Waals surface area (Å²) in [5.74, 6) is 6.04. The molecule has 0 bridgehead atoms. The largest absolute Gasteiger partial charge is 0.354 e. The van der Waals surface area contributed by atoms with Gasteiger partial charge in [0.25, 0.3) is 0 Å². The average Bonchev–Trinajstić information content (AvgIpc) is 2.44. The van der Waals surface area contributed by atoms with Crippen LogP contribution in [0.2, 0.25) is 0 Å². The summed E-state index contributed by atoms with van der Waals surface area (Å²) in [6, 6.07) is 0.233. The Kier molecular flexibility index (Phi) is 15.8. The van der Waals surface area contributed by atoms with Crippen molar-refractivity contribution >= 4 is 52.3 Å². The molecule has 0 fully saturated rings. The van der Waals surface area contributed by atoms with Crippen LogP contribution in [0.4, 0.5) is 0 Å². The first-order valence-corrected chi connectivity index (χ1v) is 9.95. The van der Waals surface area contributed by atoms with Gasteiger partial charge < -0.3 is 5.32 Å². The first-order chi connectivity index (χ1) is 10.9. The normalized spacial score (nSPS) is 12.1. The van der Waals surface area contributed by atoms with Crippen molar-refractivity contribution in [2.45, 2.75) is 86.8 Å². The van der Waals surface area contributed by atoms with Crippen LogP contribution >= 0.6 is 46.4 Å². The van der Waals surface area contributed by atoms with Gasteiger partial charge in [-0.25, -0.2) is 0 Å². The molecule has 0 rings (SSSR count). The van der Waals surface area contributed by atoms with E-state index in [4.69, 9.17) is 46.4 Å². The van der Waals surface area contributed by atoms with Gasteiger partial charge in [0.2, 0.25) is 5.91 Å². The first kappa shape index (κ1) is 23.2. The lowest BCUT2D eigenvalue weighted by molar-refractivity contribution is -0.119. The van der Waals surface area contributed by atoms with Crippen LogP contribution < -0.4 is 5.32 Å². The summed E-state index contributed by atoms with van der Waals surface area (Å²) in [7, 11) is 0. The zero-order chi connectivity index (χ0) is 17.5. The standard InChI is InChI=1S/C17H27Cl4NO/c1-14(23)22-15(10-6-2-4-8-12-16(18)19)11-7-3-5-9-13-17(20)21/h15-17H,2-4,6-8,10-13H2,1H3,(H,22,23)/t15-/m0/s1. The zero-order valence-corrected chi connectivity index (χ0v) is 16.7. The molecule has 0 aliphatic rings. The van der Waals surface area contributed by atoms with Crippen LogP contribution in [0.5, 0.6) is 0 Å². The number of hydrogen-bond acceptors (Lipinski definition) is 1. The maximum absolute atomic E-state index is 11.3. The van der Waals surface area contributed by atoms with Crippen LogP contribution in [-0.2, 0) is 4.79 Å². The second-order valence-corrected chi connectivity index (χ2v) is 8.18. The van der Waals surface area contributed by atoms with Crippen LogP contribution in [0.3, 0.4) is 0 Å². The SMILES string of the molecule is CC(=O)N[C@H](CCCC#CCC(Cl)Cl)CCCCCCC(Cl)Cl. The summed E-state index contributed by atoms with van der Waals surface area (Å²) in [6.45, 7) is 1.56. The van der Waals surface area contributed by atoms with Gasteiger partial charge in [-0.05, 0) is 25.7 Å². The molecule has 0 aromatic rings. The number of unbranched alkanes of at least 4 members (excludes halogenated alkanes) is 4. The maximum atomic E-state index is 11.3. The highest BCUT2D eigenvalue weighted by Gasteiger charge is 2.09. The third kappa shape index (κ3) is 18.4. The Labute approximate surface area is 161 Å². The van der Waals surface area contributed by atoms with Crippen LogP contribution in [-0.4, -0.2) is 21.6 Å². The monoisotopic (exact) mass is 401 g/mol. The smallest absolute Gasteiger partial charge is 0.217 e. The Morgan fingerprint density at radius 3 is 2.04 bits per heavy atom. The number of carbonyl (C=O) groups is 1. The molecule has 0 aromatic heterocycles. The van der Waals surface area contributed by atoms with Crippen LogP contribution in [0.25, 0.3) is 0 Å². The summed E-state index contributed by atoms with van der Waals surface area (Å²) in [4.78, 5) is 10.6. The molecule has 0 aliphatic heterocycles. The van der Waals surface area contributed by atoms with Gasteiger partial charge in [-0.15, -0.1) is 58.2 Å². The van der Waals surface area contributed by atoms with E-state index in [1.54, 1.807) is 6.92 Å². The fraction of sp³-hybridized carbons (Fsp3) is 0.824. The number of nitrogens with one attached hydrogen (secondary N) is 1. The molecule has 0 saturated carbocycles. The Bertz CT molecular complexity index is 363. The topological polar surface area (TPSA) is 29.1 Å². The molecule has 2 nitrogen and oxygen atoms in total. The van der Waals surface area contributed by atoms with Gasteiger partial charge in [0.1, 0.15) is 9.67 Å². The van der Waals surface area contributed by atoms with Crippen LogP contribution in [0, 0.1) is 11.8 Å². The van der Waals surface area contributed by atoms with E-state index in [9.17, 15) is 4.79 Å². The van der Waals surface area contributed by atoms with Crippen molar-refractivity contribution in [3.05, 3.63) is 0 Å². The highest BCUT2D eigenvalue weighted by atomic mass is 35.5. The molecule has 6 heteroatoms. The molecular weight excluding hydrogens is 376 g/mol. The molecule has 0 radical (unpaired) electrons.